The number of unbranched alkanes of at least 4 members (excludes halogenated alkanes) is 4. The lowest BCUT2D eigenvalue weighted by Crippen LogP contribution is -2.65. The molecular weight excluding hydrogens is 604 g/mol. The molecule has 0 bridgehead atoms. The molecule has 0 aromatic heterocycles. The van der Waals surface area contributed by atoms with Gasteiger partial charge in [-0.05, 0) is 86.1 Å². The third-order valence-electron chi connectivity index (χ3n) is 9.66. The smallest absolute Gasteiger partial charge is 0.338 e. The van der Waals surface area contributed by atoms with Crippen LogP contribution in [0.5, 0.6) is 0 Å². The molecule has 0 amide bonds. The quantitative estimate of drug-likeness (QED) is 0.112. The zero-order valence-corrected chi connectivity index (χ0v) is 30.9. The summed E-state index contributed by atoms with van der Waals surface area (Å²) in [7, 11) is 0. The Labute approximate surface area is 289 Å². The highest BCUT2D eigenvalue weighted by molar-refractivity contribution is 5.89. The number of carbonyl (C=O) groups is 2. The van der Waals surface area contributed by atoms with Crippen molar-refractivity contribution in [1.82, 2.24) is 10.1 Å². The number of hydroxylamine groups is 4. The second kappa shape index (κ2) is 15.8. The summed E-state index contributed by atoms with van der Waals surface area (Å²) in [5.74, 6) is -0.589. The fourth-order valence-electron chi connectivity index (χ4n) is 7.94. The summed E-state index contributed by atoms with van der Waals surface area (Å²) >= 11 is 0. The Balaban J connectivity index is 1.49. The van der Waals surface area contributed by atoms with E-state index in [4.69, 9.17) is 19.1 Å². The number of esters is 2. The molecule has 2 aliphatic rings. The van der Waals surface area contributed by atoms with Crippen LogP contribution in [0, 0.1) is 0 Å². The van der Waals surface area contributed by atoms with Gasteiger partial charge in [0.05, 0.1) is 11.1 Å². The maximum absolute atomic E-state index is 13.0. The summed E-state index contributed by atoms with van der Waals surface area (Å²) in [6.07, 6.45) is 7.97. The van der Waals surface area contributed by atoms with Crippen LogP contribution in [-0.2, 0) is 19.1 Å². The summed E-state index contributed by atoms with van der Waals surface area (Å²) in [4.78, 5) is 39.8. The Bertz CT molecular complexity index is 1190. The molecule has 2 saturated heterocycles. The molecule has 0 atom stereocenters. The van der Waals surface area contributed by atoms with E-state index in [1.54, 1.807) is 24.3 Å². The van der Waals surface area contributed by atoms with Gasteiger partial charge in [-0.1, -0.05) is 69.0 Å². The lowest BCUT2D eigenvalue weighted by molar-refractivity contribution is -0.427. The molecule has 8 heteroatoms. The van der Waals surface area contributed by atoms with Crippen LogP contribution >= 0.6 is 0 Å². The average molecular weight is 665 g/mol. The lowest BCUT2D eigenvalue weighted by Gasteiger charge is -2.56. The van der Waals surface area contributed by atoms with E-state index in [1.807, 2.05) is 36.4 Å². The first kappa shape index (κ1) is 38.0. The molecule has 0 N–H and O–H groups in total. The van der Waals surface area contributed by atoms with Gasteiger partial charge in [-0.15, -0.1) is 0 Å². The van der Waals surface area contributed by atoms with Gasteiger partial charge in [-0.3, -0.25) is 9.68 Å². The Kier molecular flexibility index (Phi) is 12.5. The molecule has 2 aromatic rings. The summed E-state index contributed by atoms with van der Waals surface area (Å²) in [6.45, 7) is 19.4. The fraction of sp³-hybridized carbons (Fsp3) is 0.650. The first-order valence-electron chi connectivity index (χ1n) is 18.0. The summed E-state index contributed by atoms with van der Waals surface area (Å²) in [5, 5.41) is 4.19. The zero-order chi connectivity index (χ0) is 35.2. The van der Waals surface area contributed by atoms with Crippen LogP contribution in [0.25, 0.3) is 0 Å². The minimum Gasteiger partial charge on any atom is -0.459 e. The van der Waals surface area contributed by atoms with E-state index in [-0.39, 0.29) is 24.1 Å². The average Bonchev–Trinajstić information content (AvgIpc) is 3.00. The topological polar surface area (TPSA) is 77.5 Å². The number of piperidine rings is 2. The molecule has 0 unspecified atom stereocenters. The maximum Gasteiger partial charge on any atom is 0.338 e. The molecule has 2 fully saturated rings. The van der Waals surface area contributed by atoms with Gasteiger partial charge < -0.3 is 9.47 Å². The first-order valence-corrected chi connectivity index (χ1v) is 18.0. The predicted molar refractivity (Wildman–Crippen MR) is 189 cm³/mol. The zero-order valence-electron chi connectivity index (χ0n) is 30.9. The summed E-state index contributed by atoms with van der Waals surface area (Å²) in [6, 6.07) is 18.4. The Morgan fingerprint density at radius 1 is 0.604 bits per heavy atom. The molecule has 2 heterocycles. The second-order valence-corrected chi connectivity index (χ2v) is 16.3. The molecule has 4 rings (SSSR count). The van der Waals surface area contributed by atoms with Crippen molar-refractivity contribution in [1.29, 1.82) is 0 Å². The maximum atomic E-state index is 13.0. The number of nitrogens with zero attached hydrogens (tertiary/aromatic N) is 2. The van der Waals surface area contributed by atoms with Crippen molar-refractivity contribution < 1.29 is 28.7 Å². The van der Waals surface area contributed by atoms with Gasteiger partial charge in [0.1, 0.15) is 12.2 Å². The van der Waals surface area contributed by atoms with Crippen LogP contribution in [0.15, 0.2) is 60.7 Å². The monoisotopic (exact) mass is 664 g/mol. The van der Waals surface area contributed by atoms with Crippen molar-refractivity contribution in [2.45, 2.75) is 167 Å². The summed E-state index contributed by atoms with van der Waals surface area (Å²) < 4.78 is 12.1. The van der Waals surface area contributed by atoms with E-state index < -0.39 is 28.4 Å². The highest BCUT2D eigenvalue weighted by Crippen LogP contribution is 2.44. The summed E-state index contributed by atoms with van der Waals surface area (Å²) in [5.41, 5.74) is -0.610. The van der Waals surface area contributed by atoms with E-state index in [0.29, 0.717) is 36.8 Å². The molecular formula is C40H60N2O6. The molecule has 0 spiro atoms. The Morgan fingerprint density at radius 2 is 0.958 bits per heavy atom. The molecule has 0 saturated carbocycles. The fourth-order valence-corrected chi connectivity index (χ4v) is 7.94. The van der Waals surface area contributed by atoms with E-state index in [1.165, 1.54) is 19.3 Å². The second-order valence-electron chi connectivity index (χ2n) is 16.3. The van der Waals surface area contributed by atoms with Crippen LogP contribution in [0.3, 0.4) is 0 Å². The normalized spacial score (nSPS) is 21.2. The number of carbonyl (C=O) groups excluding carboxylic acids is 2. The van der Waals surface area contributed by atoms with Crippen molar-refractivity contribution in [3.05, 3.63) is 71.8 Å². The van der Waals surface area contributed by atoms with Gasteiger partial charge in [0.2, 0.25) is 0 Å². The van der Waals surface area contributed by atoms with E-state index >= 15 is 0 Å². The number of hydrogen-bond acceptors (Lipinski definition) is 8. The first-order chi connectivity index (χ1) is 22.5. The van der Waals surface area contributed by atoms with Gasteiger partial charge >= 0.3 is 11.9 Å². The van der Waals surface area contributed by atoms with E-state index in [2.05, 4.69) is 72.4 Å². The predicted octanol–water partition coefficient (Wildman–Crippen LogP) is 9.29. The highest BCUT2D eigenvalue weighted by atomic mass is 16.9. The highest BCUT2D eigenvalue weighted by Gasteiger charge is 2.52. The standard InChI is InChI=1S/C40H60N2O6/c1-10-11-12-13-20-25-34(47-41-37(2,3)26-32(27-38(41,4)5)45-35(43)30-21-16-14-17-22-30)48-42-39(6,7)28-33(29-40(42,8)9)46-36(44)31-23-18-15-19-24-31/h14-19,21-24,32-34H,10-13,20,25-29H2,1-9H3. The van der Waals surface area contributed by atoms with Gasteiger partial charge in [-0.2, -0.15) is 10.1 Å². The van der Waals surface area contributed by atoms with Crippen molar-refractivity contribution in [3.8, 4) is 0 Å². The number of ether oxygens (including phenoxy) is 2. The molecule has 0 aliphatic carbocycles. The van der Waals surface area contributed by atoms with Gasteiger partial charge in [0.15, 0.2) is 6.29 Å². The number of benzene rings is 2. The Morgan fingerprint density at radius 3 is 1.31 bits per heavy atom. The molecule has 48 heavy (non-hydrogen) atoms. The van der Waals surface area contributed by atoms with Crippen LogP contribution in [0.1, 0.15) is 147 Å². The number of rotatable bonds is 14. The lowest BCUT2D eigenvalue weighted by atomic mass is 9.80. The van der Waals surface area contributed by atoms with E-state index in [9.17, 15) is 9.59 Å². The third-order valence-corrected chi connectivity index (χ3v) is 9.66. The van der Waals surface area contributed by atoms with Crippen molar-refractivity contribution in [2.75, 3.05) is 0 Å². The van der Waals surface area contributed by atoms with Crippen LogP contribution in [-0.4, -0.2) is 62.7 Å². The van der Waals surface area contributed by atoms with Crippen LogP contribution < -0.4 is 0 Å². The third kappa shape index (κ3) is 9.90. The van der Waals surface area contributed by atoms with Crippen LogP contribution in [0.2, 0.25) is 0 Å². The Hall–Kier alpha value is -2.78. The minimum absolute atomic E-state index is 0.244. The SMILES string of the molecule is CCCCCCCC(ON1C(C)(C)CC(OC(=O)c2ccccc2)CC1(C)C)ON1C(C)(C)CC(OC(=O)c2ccccc2)CC1(C)C. The number of hydrogen-bond donors (Lipinski definition) is 0. The minimum atomic E-state index is -0.518. The molecule has 2 aromatic carbocycles. The largest absolute Gasteiger partial charge is 0.459 e. The molecule has 2 aliphatic heterocycles. The van der Waals surface area contributed by atoms with Gasteiger partial charge in [0, 0.05) is 54.3 Å². The van der Waals surface area contributed by atoms with Crippen LogP contribution in [0.4, 0.5) is 0 Å². The van der Waals surface area contributed by atoms with E-state index in [0.717, 1.165) is 19.3 Å². The van der Waals surface area contributed by atoms with Crippen molar-refractivity contribution >= 4 is 11.9 Å². The molecule has 266 valence electrons. The van der Waals surface area contributed by atoms with Crippen molar-refractivity contribution in [2.24, 2.45) is 0 Å². The van der Waals surface area contributed by atoms with Gasteiger partial charge in [-0.25, -0.2) is 9.59 Å². The van der Waals surface area contributed by atoms with Gasteiger partial charge in [0.25, 0.3) is 0 Å². The molecule has 8 nitrogen and oxygen atoms in total. The molecule has 0 radical (unpaired) electrons. The van der Waals surface area contributed by atoms with Crippen molar-refractivity contribution in [3.63, 3.8) is 0 Å².